The van der Waals surface area contributed by atoms with Crippen LogP contribution in [0.5, 0.6) is 0 Å². The molecule has 1 N–H and O–H groups in total. The largest absolute Gasteiger partial charge is 0.297 e. The molecule has 1 aliphatic carbocycles. The second kappa shape index (κ2) is 4.51. The van der Waals surface area contributed by atoms with Crippen LogP contribution in [0.3, 0.4) is 0 Å². The van der Waals surface area contributed by atoms with Crippen molar-refractivity contribution in [2.75, 3.05) is 0 Å². The minimum atomic E-state index is 0.149. The summed E-state index contributed by atoms with van der Waals surface area (Å²) in [5, 5.41) is 3.51. The zero-order valence-electron chi connectivity index (χ0n) is 9.11. The molecule has 2 rings (SSSR count). The molecule has 1 aromatic carbocycles. The van der Waals surface area contributed by atoms with Crippen LogP contribution in [-0.4, -0.2) is 6.04 Å². The molecule has 0 bridgehead atoms. The number of rotatable bonds is 4. The quantitative estimate of drug-likeness (QED) is 0.735. The zero-order chi connectivity index (χ0) is 10.7. The van der Waals surface area contributed by atoms with Gasteiger partial charge in [0.05, 0.1) is 6.04 Å². The van der Waals surface area contributed by atoms with Crippen LogP contribution in [0.4, 0.5) is 0 Å². The molecule has 1 aromatic rings. The van der Waals surface area contributed by atoms with Crippen LogP contribution in [0.15, 0.2) is 30.3 Å². The SMILES string of the molecule is C#CC(C)NC(c1ccccc1)C1CC1. The lowest BCUT2D eigenvalue weighted by molar-refractivity contribution is 0.462. The van der Waals surface area contributed by atoms with Gasteiger partial charge in [0, 0.05) is 6.04 Å². The first-order valence-corrected chi connectivity index (χ1v) is 5.58. The minimum absolute atomic E-state index is 0.149. The lowest BCUT2D eigenvalue weighted by atomic mass is 10.0. The third kappa shape index (κ3) is 2.61. The lowest BCUT2D eigenvalue weighted by Gasteiger charge is -2.20. The molecule has 78 valence electrons. The van der Waals surface area contributed by atoms with Crippen molar-refractivity contribution in [1.82, 2.24) is 5.32 Å². The monoisotopic (exact) mass is 199 g/mol. The third-order valence-corrected chi connectivity index (χ3v) is 2.93. The Labute approximate surface area is 91.9 Å². The van der Waals surface area contributed by atoms with Gasteiger partial charge in [-0.2, -0.15) is 0 Å². The Kier molecular flexibility index (Phi) is 3.08. The van der Waals surface area contributed by atoms with E-state index in [2.05, 4.69) is 41.6 Å². The van der Waals surface area contributed by atoms with Crippen LogP contribution in [0.2, 0.25) is 0 Å². The number of terminal acetylenes is 1. The highest BCUT2D eigenvalue weighted by atomic mass is 15.0. The Bertz CT molecular complexity index is 345. The second-order valence-corrected chi connectivity index (χ2v) is 4.28. The molecule has 0 amide bonds. The summed E-state index contributed by atoms with van der Waals surface area (Å²) in [7, 11) is 0. The van der Waals surface area contributed by atoms with Gasteiger partial charge in [0.25, 0.3) is 0 Å². The van der Waals surface area contributed by atoms with Gasteiger partial charge in [0.1, 0.15) is 0 Å². The third-order valence-electron chi connectivity index (χ3n) is 2.93. The van der Waals surface area contributed by atoms with E-state index < -0.39 is 0 Å². The number of nitrogens with one attached hydrogen (secondary N) is 1. The fraction of sp³-hybridized carbons (Fsp3) is 0.429. The molecular weight excluding hydrogens is 182 g/mol. The smallest absolute Gasteiger partial charge is 0.0663 e. The van der Waals surface area contributed by atoms with Gasteiger partial charge in [0.2, 0.25) is 0 Å². The first-order valence-electron chi connectivity index (χ1n) is 5.58. The highest BCUT2D eigenvalue weighted by molar-refractivity contribution is 5.21. The van der Waals surface area contributed by atoms with Crippen molar-refractivity contribution in [1.29, 1.82) is 0 Å². The molecule has 0 aromatic heterocycles. The Morgan fingerprint density at radius 1 is 1.33 bits per heavy atom. The summed E-state index contributed by atoms with van der Waals surface area (Å²) < 4.78 is 0. The van der Waals surface area contributed by atoms with Crippen molar-refractivity contribution < 1.29 is 0 Å². The molecule has 1 fully saturated rings. The summed E-state index contributed by atoms with van der Waals surface area (Å²) in [4.78, 5) is 0. The van der Waals surface area contributed by atoms with Gasteiger partial charge < -0.3 is 0 Å². The normalized spacial score (nSPS) is 19.2. The maximum absolute atomic E-state index is 5.41. The fourth-order valence-electron chi connectivity index (χ4n) is 1.91. The van der Waals surface area contributed by atoms with E-state index in [0.29, 0.717) is 6.04 Å². The molecule has 1 saturated carbocycles. The van der Waals surface area contributed by atoms with Gasteiger partial charge in [-0.3, -0.25) is 5.32 Å². The maximum Gasteiger partial charge on any atom is 0.0663 e. The van der Waals surface area contributed by atoms with Crippen molar-refractivity contribution in [2.24, 2.45) is 5.92 Å². The van der Waals surface area contributed by atoms with Crippen molar-refractivity contribution in [3.05, 3.63) is 35.9 Å². The van der Waals surface area contributed by atoms with Gasteiger partial charge in [-0.05, 0) is 31.2 Å². The molecule has 0 saturated heterocycles. The van der Waals surface area contributed by atoms with E-state index in [1.807, 2.05) is 6.92 Å². The van der Waals surface area contributed by atoms with Crippen LogP contribution >= 0.6 is 0 Å². The van der Waals surface area contributed by atoms with Crippen molar-refractivity contribution in [2.45, 2.75) is 31.8 Å². The number of benzene rings is 1. The van der Waals surface area contributed by atoms with Gasteiger partial charge in [0.15, 0.2) is 0 Å². The predicted molar refractivity (Wildman–Crippen MR) is 63.3 cm³/mol. The molecule has 15 heavy (non-hydrogen) atoms. The van der Waals surface area contributed by atoms with Crippen LogP contribution in [0.1, 0.15) is 31.4 Å². The van der Waals surface area contributed by atoms with E-state index in [-0.39, 0.29) is 6.04 Å². The summed E-state index contributed by atoms with van der Waals surface area (Å²) in [5.74, 6) is 3.52. The Balaban J connectivity index is 2.10. The van der Waals surface area contributed by atoms with Crippen LogP contribution < -0.4 is 5.32 Å². The fourth-order valence-corrected chi connectivity index (χ4v) is 1.91. The van der Waals surface area contributed by atoms with Gasteiger partial charge in [-0.1, -0.05) is 36.3 Å². The standard InChI is InChI=1S/C14H17N/c1-3-11(2)15-14(13-9-10-13)12-7-5-4-6-8-12/h1,4-8,11,13-15H,9-10H2,2H3. The highest BCUT2D eigenvalue weighted by Gasteiger charge is 2.32. The summed E-state index contributed by atoms with van der Waals surface area (Å²) >= 11 is 0. The van der Waals surface area contributed by atoms with E-state index in [1.165, 1.54) is 18.4 Å². The lowest BCUT2D eigenvalue weighted by Crippen LogP contribution is -2.30. The Morgan fingerprint density at radius 3 is 2.53 bits per heavy atom. The van der Waals surface area contributed by atoms with Gasteiger partial charge in [-0.25, -0.2) is 0 Å². The molecule has 1 aliphatic rings. The van der Waals surface area contributed by atoms with Crippen LogP contribution in [-0.2, 0) is 0 Å². The maximum atomic E-state index is 5.41. The number of hydrogen-bond donors (Lipinski definition) is 1. The molecular formula is C14H17N. The van der Waals surface area contributed by atoms with E-state index in [4.69, 9.17) is 6.42 Å². The predicted octanol–water partition coefficient (Wildman–Crippen LogP) is 2.75. The Morgan fingerprint density at radius 2 is 2.00 bits per heavy atom. The highest BCUT2D eigenvalue weighted by Crippen LogP contribution is 2.41. The molecule has 2 atom stereocenters. The first kappa shape index (κ1) is 10.3. The summed E-state index contributed by atoms with van der Waals surface area (Å²) in [6, 6.07) is 11.2. The van der Waals surface area contributed by atoms with Crippen LogP contribution in [0.25, 0.3) is 0 Å². The van der Waals surface area contributed by atoms with E-state index in [1.54, 1.807) is 0 Å². The zero-order valence-corrected chi connectivity index (χ0v) is 9.11. The molecule has 1 heteroatoms. The molecule has 1 nitrogen and oxygen atoms in total. The van der Waals surface area contributed by atoms with Crippen molar-refractivity contribution in [3.63, 3.8) is 0 Å². The van der Waals surface area contributed by atoms with E-state index in [9.17, 15) is 0 Å². The first-order chi connectivity index (χ1) is 7.31. The minimum Gasteiger partial charge on any atom is -0.297 e. The van der Waals surface area contributed by atoms with Gasteiger partial charge >= 0.3 is 0 Å². The Hall–Kier alpha value is -1.26. The van der Waals surface area contributed by atoms with E-state index >= 15 is 0 Å². The molecule has 0 radical (unpaired) electrons. The average Bonchev–Trinajstić information content (AvgIpc) is 3.10. The molecule has 0 heterocycles. The number of hydrogen-bond acceptors (Lipinski definition) is 1. The van der Waals surface area contributed by atoms with E-state index in [0.717, 1.165) is 5.92 Å². The topological polar surface area (TPSA) is 12.0 Å². The average molecular weight is 199 g/mol. The molecule has 0 aliphatic heterocycles. The molecule has 0 spiro atoms. The van der Waals surface area contributed by atoms with Crippen molar-refractivity contribution in [3.8, 4) is 12.3 Å². The van der Waals surface area contributed by atoms with Crippen molar-refractivity contribution >= 4 is 0 Å². The summed E-state index contributed by atoms with van der Waals surface area (Å²) in [5.41, 5.74) is 1.36. The van der Waals surface area contributed by atoms with Gasteiger partial charge in [-0.15, -0.1) is 6.42 Å². The second-order valence-electron chi connectivity index (χ2n) is 4.28. The summed E-state index contributed by atoms with van der Waals surface area (Å²) in [6.45, 7) is 2.04. The molecule has 2 unspecified atom stereocenters. The summed E-state index contributed by atoms with van der Waals surface area (Å²) in [6.07, 6.45) is 8.05. The van der Waals surface area contributed by atoms with Crippen LogP contribution in [0, 0.1) is 18.3 Å².